The second-order valence-electron chi connectivity index (χ2n) is 5.72. The van der Waals surface area contributed by atoms with Crippen LogP contribution in [0.2, 0.25) is 0 Å². The first-order valence-electron chi connectivity index (χ1n) is 7.19. The quantitative estimate of drug-likeness (QED) is 0.885. The second-order valence-corrected chi connectivity index (χ2v) is 5.72. The molecule has 2 heteroatoms. The van der Waals surface area contributed by atoms with Crippen molar-refractivity contribution in [3.8, 4) is 0 Å². The minimum atomic E-state index is -0.165. The third-order valence-electron chi connectivity index (χ3n) is 4.44. The van der Waals surface area contributed by atoms with Gasteiger partial charge in [-0.2, -0.15) is 0 Å². The van der Waals surface area contributed by atoms with Crippen molar-refractivity contribution in [1.82, 2.24) is 0 Å². The van der Waals surface area contributed by atoms with E-state index in [1.165, 1.54) is 24.0 Å². The lowest BCUT2D eigenvalue weighted by atomic mass is 9.94. The van der Waals surface area contributed by atoms with Gasteiger partial charge in [0.2, 0.25) is 0 Å². The van der Waals surface area contributed by atoms with Crippen LogP contribution in [0.4, 0.5) is 0 Å². The summed E-state index contributed by atoms with van der Waals surface area (Å²) < 4.78 is 5.62. The Labute approximate surface area is 109 Å². The summed E-state index contributed by atoms with van der Waals surface area (Å²) in [5.74, 6) is 0.420. The Kier molecular flexibility index (Phi) is 3.67. The molecule has 0 radical (unpaired) electrons. The maximum absolute atomic E-state index is 10.3. The van der Waals surface area contributed by atoms with E-state index in [0.717, 1.165) is 32.3 Å². The van der Waals surface area contributed by atoms with Gasteiger partial charge in [-0.1, -0.05) is 24.3 Å². The van der Waals surface area contributed by atoms with E-state index in [-0.39, 0.29) is 6.10 Å². The van der Waals surface area contributed by atoms with Gasteiger partial charge in [0.05, 0.1) is 12.2 Å². The Bertz CT molecular complexity index is 371. The minimum Gasteiger partial charge on any atom is -0.393 e. The van der Waals surface area contributed by atoms with Gasteiger partial charge in [0.25, 0.3) is 0 Å². The maximum atomic E-state index is 10.3. The molecule has 1 aromatic rings. The minimum absolute atomic E-state index is 0.165. The molecule has 1 saturated heterocycles. The van der Waals surface area contributed by atoms with Crippen LogP contribution < -0.4 is 0 Å². The topological polar surface area (TPSA) is 29.5 Å². The summed E-state index contributed by atoms with van der Waals surface area (Å²) in [4.78, 5) is 0. The van der Waals surface area contributed by atoms with Crippen LogP contribution in [0.1, 0.15) is 36.8 Å². The molecule has 2 unspecified atom stereocenters. The smallest absolute Gasteiger partial charge is 0.0577 e. The SMILES string of the molecule is OC(CCC1CCCO1)C1Cc2ccccc2C1. The molecule has 3 rings (SSSR count). The fourth-order valence-electron chi connectivity index (χ4n) is 3.33. The second kappa shape index (κ2) is 5.41. The van der Waals surface area contributed by atoms with E-state index < -0.39 is 0 Å². The highest BCUT2D eigenvalue weighted by molar-refractivity contribution is 5.32. The lowest BCUT2D eigenvalue weighted by molar-refractivity contribution is 0.0609. The summed E-state index contributed by atoms with van der Waals surface area (Å²) in [6, 6.07) is 8.59. The van der Waals surface area contributed by atoms with Gasteiger partial charge < -0.3 is 9.84 Å². The highest BCUT2D eigenvalue weighted by atomic mass is 16.5. The van der Waals surface area contributed by atoms with Crippen molar-refractivity contribution in [2.45, 2.75) is 50.7 Å². The number of hydrogen-bond acceptors (Lipinski definition) is 2. The fourth-order valence-corrected chi connectivity index (χ4v) is 3.33. The number of benzene rings is 1. The van der Waals surface area contributed by atoms with Crippen molar-refractivity contribution >= 4 is 0 Å². The molecular weight excluding hydrogens is 224 g/mol. The first-order chi connectivity index (χ1) is 8.83. The standard InChI is InChI=1S/C16H22O2/c17-16(8-7-15-6-3-9-18-15)14-10-12-4-1-2-5-13(12)11-14/h1-2,4-5,14-17H,3,6-11H2. The van der Waals surface area contributed by atoms with Crippen LogP contribution in [-0.2, 0) is 17.6 Å². The summed E-state index contributed by atoms with van der Waals surface area (Å²) in [6.45, 7) is 0.912. The molecule has 1 aliphatic heterocycles. The van der Waals surface area contributed by atoms with Gasteiger partial charge in [-0.25, -0.2) is 0 Å². The predicted octanol–water partition coefficient (Wildman–Crippen LogP) is 2.72. The van der Waals surface area contributed by atoms with E-state index in [4.69, 9.17) is 4.74 Å². The first kappa shape index (κ1) is 12.2. The molecule has 98 valence electrons. The molecule has 0 aromatic heterocycles. The number of ether oxygens (including phenoxy) is 1. The summed E-state index contributed by atoms with van der Waals surface area (Å²) in [5, 5.41) is 10.3. The molecule has 18 heavy (non-hydrogen) atoms. The summed E-state index contributed by atoms with van der Waals surface area (Å²) in [5.41, 5.74) is 2.86. The maximum Gasteiger partial charge on any atom is 0.0577 e. The zero-order valence-corrected chi connectivity index (χ0v) is 10.8. The average Bonchev–Trinajstić information content (AvgIpc) is 3.04. The van der Waals surface area contributed by atoms with Crippen LogP contribution in [0.15, 0.2) is 24.3 Å². The summed E-state index contributed by atoms with van der Waals surface area (Å²) >= 11 is 0. The zero-order valence-electron chi connectivity index (χ0n) is 10.8. The molecule has 2 aliphatic rings. The Balaban J connectivity index is 1.50. The van der Waals surface area contributed by atoms with Crippen LogP contribution in [-0.4, -0.2) is 23.9 Å². The summed E-state index contributed by atoms with van der Waals surface area (Å²) in [7, 11) is 0. The lowest BCUT2D eigenvalue weighted by Gasteiger charge is -2.19. The van der Waals surface area contributed by atoms with Crippen molar-refractivity contribution in [2.75, 3.05) is 6.61 Å². The van der Waals surface area contributed by atoms with Crippen molar-refractivity contribution in [2.24, 2.45) is 5.92 Å². The first-order valence-corrected chi connectivity index (χ1v) is 7.19. The number of aliphatic hydroxyl groups is 1. The largest absolute Gasteiger partial charge is 0.393 e. The number of fused-ring (bicyclic) bond motifs is 1. The van der Waals surface area contributed by atoms with E-state index in [1.54, 1.807) is 0 Å². The third-order valence-corrected chi connectivity index (χ3v) is 4.44. The molecule has 1 N–H and O–H groups in total. The van der Waals surface area contributed by atoms with Crippen molar-refractivity contribution < 1.29 is 9.84 Å². The van der Waals surface area contributed by atoms with E-state index in [9.17, 15) is 5.11 Å². The van der Waals surface area contributed by atoms with Crippen LogP contribution in [0, 0.1) is 5.92 Å². The highest BCUT2D eigenvalue weighted by Crippen LogP contribution is 2.30. The Morgan fingerprint density at radius 1 is 1.22 bits per heavy atom. The average molecular weight is 246 g/mol. The molecular formula is C16H22O2. The Morgan fingerprint density at radius 2 is 1.94 bits per heavy atom. The predicted molar refractivity (Wildman–Crippen MR) is 71.6 cm³/mol. The van der Waals surface area contributed by atoms with Crippen LogP contribution >= 0.6 is 0 Å². The van der Waals surface area contributed by atoms with E-state index in [1.807, 2.05) is 0 Å². The van der Waals surface area contributed by atoms with E-state index >= 15 is 0 Å². The lowest BCUT2D eigenvalue weighted by Crippen LogP contribution is -2.22. The molecule has 1 fully saturated rings. The van der Waals surface area contributed by atoms with Gasteiger partial charge in [-0.05, 0) is 55.6 Å². The highest BCUT2D eigenvalue weighted by Gasteiger charge is 2.28. The number of hydrogen-bond donors (Lipinski definition) is 1. The summed E-state index contributed by atoms with van der Waals surface area (Å²) in [6.07, 6.45) is 6.61. The van der Waals surface area contributed by atoms with Gasteiger partial charge in [0, 0.05) is 6.61 Å². The Morgan fingerprint density at radius 3 is 2.56 bits per heavy atom. The van der Waals surface area contributed by atoms with Gasteiger partial charge >= 0.3 is 0 Å². The zero-order chi connectivity index (χ0) is 12.4. The molecule has 1 aliphatic carbocycles. The van der Waals surface area contributed by atoms with Crippen LogP contribution in [0.3, 0.4) is 0 Å². The molecule has 2 atom stereocenters. The fraction of sp³-hybridized carbons (Fsp3) is 0.625. The molecule has 1 aromatic carbocycles. The molecule has 1 heterocycles. The van der Waals surface area contributed by atoms with Gasteiger partial charge in [0.15, 0.2) is 0 Å². The van der Waals surface area contributed by atoms with E-state index in [2.05, 4.69) is 24.3 Å². The van der Waals surface area contributed by atoms with Crippen molar-refractivity contribution in [1.29, 1.82) is 0 Å². The van der Waals surface area contributed by atoms with E-state index in [0.29, 0.717) is 12.0 Å². The monoisotopic (exact) mass is 246 g/mol. The van der Waals surface area contributed by atoms with Crippen LogP contribution in [0.5, 0.6) is 0 Å². The molecule has 0 saturated carbocycles. The van der Waals surface area contributed by atoms with Crippen molar-refractivity contribution in [3.63, 3.8) is 0 Å². The van der Waals surface area contributed by atoms with Gasteiger partial charge in [-0.15, -0.1) is 0 Å². The third kappa shape index (κ3) is 2.60. The Hall–Kier alpha value is -0.860. The number of aliphatic hydroxyl groups excluding tert-OH is 1. The molecule has 0 bridgehead atoms. The van der Waals surface area contributed by atoms with Crippen LogP contribution in [0.25, 0.3) is 0 Å². The number of rotatable bonds is 4. The normalized spacial score (nSPS) is 25.3. The molecule has 0 amide bonds. The van der Waals surface area contributed by atoms with Crippen molar-refractivity contribution in [3.05, 3.63) is 35.4 Å². The molecule has 0 spiro atoms. The van der Waals surface area contributed by atoms with Gasteiger partial charge in [-0.3, -0.25) is 0 Å². The van der Waals surface area contributed by atoms with Gasteiger partial charge in [0.1, 0.15) is 0 Å². The molecule has 2 nitrogen and oxygen atoms in total.